The fraction of sp³-hybridized carbons (Fsp3) is 0.500. The molecule has 0 atom stereocenters. The number of hydrogen-bond donors (Lipinski definition) is 1. The van der Waals surface area contributed by atoms with E-state index in [1.807, 2.05) is 16.9 Å². The van der Waals surface area contributed by atoms with Crippen LogP contribution in [0.2, 0.25) is 0 Å². The summed E-state index contributed by atoms with van der Waals surface area (Å²) in [5.41, 5.74) is 8.30. The van der Waals surface area contributed by atoms with Gasteiger partial charge in [0, 0.05) is 18.8 Å². The average molecular weight is 231 g/mol. The van der Waals surface area contributed by atoms with Crippen molar-refractivity contribution in [3.63, 3.8) is 0 Å². The first-order chi connectivity index (χ1) is 8.33. The SMILES string of the molecule is NC1CCN(Cc2ccn3ncncc23)CC1. The molecule has 0 spiro atoms. The molecule has 0 unspecified atom stereocenters. The van der Waals surface area contributed by atoms with Gasteiger partial charge in [0.25, 0.3) is 0 Å². The predicted octanol–water partition coefficient (Wildman–Crippen LogP) is 0.652. The minimum atomic E-state index is 0.389. The summed E-state index contributed by atoms with van der Waals surface area (Å²) in [6.45, 7) is 3.15. The van der Waals surface area contributed by atoms with E-state index in [0.29, 0.717) is 6.04 Å². The van der Waals surface area contributed by atoms with Crippen molar-refractivity contribution in [3.05, 3.63) is 30.4 Å². The molecule has 17 heavy (non-hydrogen) atoms. The molecule has 2 N–H and O–H groups in total. The highest BCUT2D eigenvalue weighted by Crippen LogP contribution is 2.16. The summed E-state index contributed by atoms with van der Waals surface area (Å²) in [6, 6.07) is 2.51. The molecule has 0 radical (unpaired) electrons. The maximum absolute atomic E-state index is 5.91. The molecular weight excluding hydrogens is 214 g/mol. The summed E-state index contributed by atoms with van der Waals surface area (Å²) in [4.78, 5) is 6.53. The van der Waals surface area contributed by atoms with Gasteiger partial charge in [-0.3, -0.25) is 4.90 Å². The Bertz CT molecular complexity index is 498. The lowest BCUT2D eigenvalue weighted by Gasteiger charge is -2.29. The number of nitrogens with zero attached hydrogens (tertiary/aromatic N) is 4. The zero-order valence-electron chi connectivity index (χ0n) is 9.79. The van der Waals surface area contributed by atoms with Crippen LogP contribution in [0.5, 0.6) is 0 Å². The minimum Gasteiger partial charge on any atom is -0.328 e. The fourth-order valence-corrected chi connectivity index (χ4v) is 2.39. The van der Waals surface area contributed by atoms with Gasteiger partial charge in [0.2, 0.25) is 0 Å². The van der Waals surface area contributed by atoms with Crippen molar-refractivity contribution >= 4 is 5.52 Å². The topological polar surface area (TPSA) is 59.5 Å². The number of hydrogen-bond acceptors (Lipinski definition) is 4. The molecular formula is C12H17N5. The van der Waals surface area contributed by atoms with E-state index in [0.717, 1.165) is 38.0 Å². The van der Waals surface area contributed by atoms with Crippen molar-refractivity contribution in [1.29, 1.82) is 0 Å². The van der Waals surface area contributed by atoms with Gasteiger partial charge in [-0.25, -0.2) is 9.50 Å². The Kier molecular flexibility index (Phi) is 2.78. The second-order valence-electron chi connectivity index (χ2n) is 4.69. The lowest BCUT2D eigenvalue weighted by Crippen LogP contribution is -2.39. The summed E-state index contributed by atoms with van der Waals surface area (Å²) in [5.74, 6) is 0. The summed E-state index contributed by atoms with van der Waals surface area (Å²) in [6.07, 6.45) is 7.63. The fourth-order valence-electron chi connectivity index (χ4n) is 2.39. The normalized spacial score (nSPS) is 18.9. The molecule has 2 aromatic heterocycles. The summed E-state index contributed by atoms with van der Waals surface area (Å²) in [5, 5.41) is 4.17. The van der Waals surface area contributed by atoms with Gasteiger partial charge in [-0.15, -0.1) is 0 Å². The lowest BCUT2D eigenvalue weighted by molar-refractivity contribution is 0.206. The minimum absolute atomic E-state index is 0.389. The molecule has 1 fully saturated rings. The second-order valence-corrected chi connectivity index (χ2v) is 4.69. The van der Waals surface area contributed by atoms with Crippen molar-refractivity contribution in [2.75, 3.05) is 13.1 Å². The number of rotatable bonds is 2. The molecule has 1 aliphatic heterocycles. The highest BCUT2D eigenvalue weighted by molar-refractivity contribution is 5.52. The van der Waals surface area contributed by atoms with Gasteiger partial charge in [0.15, 0.2) is 0 Å². The highest BCUT2D eigenvalue weighted by atomic mass is 15.2. The summed E-state index contributed by atoms with van der Waals surface area (Å²) < 4.78 is 1.87. The number of fused-ring (bicyclic) bond motifs is 1. The second kappa shape index (κ2) is 4.43. The molecule has 1 aliphatic rings. The van der Waals surface area contributed by atoms with Gasteiger partial charge in [-0.2, -0.15) is 5.10 Å². The van der Waals surface area contributed by atoms with Gasteiger partial charge in [-0.05, 0) is 37.6 Å². The Morgan fingerprint density at radius 2 is 2.18 bits per heavy atom. The van der Waals surface area contributed by atoms with Crippen LogP contribution in [0.4, 0.5) is 0 Å². The van der Waals surface area contributed by atoms with Crippen LogP contribution in [0.25, 0.3) is 5.52 Å². The molecule has 0 bridgehead atoms. The van der Waals surface area contributed by atoms with Crippen molar-refractivity contribution in [2.24, 2.45) is 5.73 Å². The zero-order valence-corrected chi connectivity index (χ0v) is 9.79. The van der Waals surface area contributed by atoms with Crippen LogP contribution in [0.1, 0.15) is 18.4 Å². The Labute approximate surface area is 100 Å². The van der Waals surface area contributed by atoms with Gasteiger partial charge >= 0.3 is 0 Å². The van der Waals surface area contributed by atoms with E-state index in [1.165, 1.54) is 5.56 Å². The summed E-state index contributed by atoms with van der Waals surface area (Å²) in [7, 11) is 0. The summed E-state index contributed by atoms with van der Waals surface area (Å²) >= 11 is 0. The number of likely N-dealkylation sites (tertiary alicyclic amines) is 1. The maximum Gasteiger partial charge on any atom is 0.136 e. The van der Waals surface area contributed by atoms with E-state index in [-0.39, 0.29) is 0 Å². The molecule has 5 heteroatoms. The van der Waals surface area contributed by atoms with E-state index in [9.17, 15) is 0 Å². The number of nitrogens with two attached hydrogens (primary N) is 1. The van der Waals surface area contributed by atoms with E-state index in [2.05, 4.69) is 21.0 Å². The van der Waals surface area contributed by atoms with E-state index >= 15 is 0 Å². The predicted molar refractivity (Wildman–Crippen MR) is 65.5 cm³/mol. The lowest BCUT2D eigenvalue weighted by atomic mass is 10.1. The molecule has 5 nitrogen and oxygen atoms in total. The van der Waals surface area contributed by atoms with Gasteiger partial charge in [0.05, 0.1) is 11.7 Å². The Morgan fingerprint density at radius 1 is 1.35 bits per heavy atom. The van der Waals surface area contributed by atoms with Crippen LogP contribution >= 0.6 is 0 Å². The van der Waals surface area contributed by atoms with Gasteiger partial charge in [0.1, 0.15) is 6.33 Å². The number of aromatic nitrogens is 3. The molecule has 90 valence electrons. The Morgan fingerprint density at radius 3 is 3.00 bits per heavy atom. The Balaban J connectivity index is 1.76. The quantitative estimate of drug-likeness (QED) is 0.824. The molecule has 0 aromatic carbocycles. The van der Waals surface area contributed by atoms with Crippen LogP contribution < -0.4 is 5.73 Å². The van der Waals surface area contributed by atoms with Crippen LogP contribution in [0.3, 0.4) is 0 Å². The highest BCUT2D eigenvalue weighted by Gasteiger charge is 2.17. The van der Waals surface area contributed by atoms with Crippen molar-refractivity contribution in [2.45, 2.75) is 25.4 Å². The zero-order chi connectivity index (χ0) is 11.7. The van der Waals surface area contributed by atoms with Gasteiger partial charge in [-0.1, -0.05) is 0 Å². The van der Waals surface area contributed by atoms with E-state index < -0.39 is 0 Å². The van der Waals surface area contributed by atoms with Crippen LogP contribution in [-0.4, -0.2) is 38.6 Å². The first-order valence-electron chi connectivity index (χ1n) is 6.07. The number of piperidine rings is 1. The molecule has 0 aliphatic carbocycles. The van der Waals surface area contributed by atoms with Crippen LogP contribution in [0.15, 0.2) is 24.8 Å². The monoisotopic (exact) mass is 231 g/mol. The van der Waals surface area contributed by atoms with E-state index in [4.69, 9.17) is 5.73 Å². The van der Waals surface area contributed by atoms with Crippen molar-refractivity contribution < 1.29 is 0 Å². The standard InChI is InChI=1S/C12H17N5/c13-11-2-4-16(5-3-11)8-10-1-6-17-12(10)7-14-9-15-17/h1,6-7,9,11H,2-5,8,13H2. The van der Waals surface area contributed by atoms with Gasteiger partial charge < -0.3 is 5.73 Å². The molecule has 3 heterocycles. The smallest absolute Gasteiger partial charge is 0.136 e. The molecule has 3 rings (SSSR count). The molecule has 2 aromatic rings. The maximum atomic E-state index is 5.91. The van der Waals surface area contributed by atoms with Crippen molar-refractivity contribution in [3.8, 4) is 0 Å². The Hall–Kier alpha value is -1.46. The average Bonchev–Trinajstić information content (AvgIpc) is 2.76. The first-order valence-corrected chi connectivity index (χ1v) is 6.07. The van der Waals surface area contributed by atoms with Crippen molar-refractivity contribution in [1.82, 2.24) is 19.5 Å². The third-order valence-electron chi connectivity index (χ3n) is 3.46. The third kappa shape index (κ3) is 2.16. The van der Waals surface area contributed by atoms with E-state index in [1.54, 1.807) is 6.33 Å². The molecule has 0 amide bonds. The first kappa shape index (κ1) is 10.7. The largest absolute Gasteiger partial charge is 0.328 e. The van der Waals surface area contributed by atoms with Crippen LogP contribution in [0, 0.1) is 0 Å². The van der Waals surface area contributed by atoms with Crippen LogP contribution in [-0.2, 0) is 6.54 Å². The molecule has 1 saturated heterocycles. The third-order valence-corrected chi connectivity index (χ3v) is 3.46. The molecule has 0 saturated carbocycles.